The summed E-state index contributed by atoms with van der Waals surface area (Å²) in [6.07, 6.45) is -4.64. The lowest BCUT2D eigenvalue weighted by Crippen LogP contribution is -2.49. The highest BCUT2D eigenvalue weighted by molar-refractivity contribution is 6.47. The number of alkyl halides is 3. The number of hydrogen-bond acceptors (Lipinski definition) is 4. The molecule has 0 aromatic heterocycles. The van der Waals surface area contributed by atoms with Gasteiger partial charge in [0.2, 0.25) is 0 Å². The van der Waals surface area contributed by atoms with E-state index in [-0.39, 0.29) is 13.2 Å². The highest BCUT2D eigenvalue weighted by Gasteiger charge is 2.36. The Kier molecular flexibility index (Phi) is 6.12. The zero-order valence-corrected chi connectivity index (χ0v) is 16.1. The zero-order chi connectivity index (χ0) is 21.2. The molecular formula is C20H21BF3NO3. The second kappa shape index (κ2) is 7.86. The van der Waals surface area contributed by atoms with Crippen molar-refractivity contribution >= 4 is 12.9 Å². The van der Waals surface area contributed by atoms with Crippen LogP contribution in [0, 0.1) is 11.3 Å². The quantitative estimate of drug-likeness (QED) is 0.759. The summed E-state index contributed by atoms with van der Waals surface area (Å²) in [5.74, 6) is 0.335. The molecular weight excluding hydrogens is 370 g/mol. The van der Waals surface area contributed by atoms with E-state index in [0.29, 0.717) is 5.75 Å². The van der Waals surface area contributed by atoms with E-state index in [1.165, 1.54) is 12.1 Å². The molecule has 0 spiro atoms. The van der Waals surface area contributed by atoms with E-state index in [9.17, 15) is 18.3 Å². The van der Waals surface area contributed by atoms with E-state index >= 15 is 0 Å². The van der Waals surface area contributed by atoms with Gasteiger partial charge in [-0.05, 0) is 58.0 Å². The third-order valence-electron chi connectivity index (χ3n) is 4.65. The van der Waals surface area contributed by atoms with Crippen molar-refractivity contribution in [1.29, 1.82) is 5.26 Å². The Morgan fingerprint density at radius 1 is 0.964 bits per heavy atom. The summed E-state index contributed by atoms with van der Waals surface area (Å²) in [5, 5.41) is 18.9. The number of hydrogen-bond donors (Lipinski definition) is 1. The van der Waals surface area contributed by atoms with E-state index in [0.717, 1.165) is 17.6 Å². The van der Waals surface area contributed by atoms with Crippen molar-refractivity contribution in [2.24, 2.45) is 0 Å². The molecule has 0 saturated heterocycles. The third kappa shape index (κ3) is 5.28. The first kappa shape index (κ1) is 21.8. The molecule has 0 bridgehead atoms. The fourth-order valence-electron chi connectivity index (χ4n) is 2.15. The van der Waals surface area contributed by atoms with Gasteiger partial charge in [-0.15, -0.1) is 0 Å². The number of aliphatic hydroxyl groups is 1. The highest BCUT2D eigenvalue weighted by atomic mass is 19.4. The maximum atomic E-state index is 13.0. The average molecular weight is 391 g/mol. The lowest BCUT2D eigenvalue weighted by Gasteiger charge is -2.37. The van der Waals surface area contributed by atoms with Gasteiger partial charge in [-0.3, -0.25) is 0 Å². The number of nitriles is 1. The Hall–Kier alpha value is -2.50. The second-order valence-corrected chi connectivity index (χ2v) is 7.42. The highest BCUT2D eigenvalue weighted by Crippen LogP contribution is 2.35. The molecule has 2 rings (SSSR count). The van der Waals surface area contributed by atoms with Crippen LogP contribution in [0.4, 0.5) is 13.2 Å². The van der Waals surface area contributed by atoms with Crippen molar-refractivity contribution in [3.8, 4) is 17.6 Å². The largest absolute Gasteiger partial charge is 0.457 e. The molecule has 28 heavy (non-hydrogen) atoms. The summed E-state index contributed by atoms with van der Waals surface area (Å²) in [6.45, 7) is 6.90. The van der Waals surface area contributed by atoms with Crippen LogP contribution in [-0.2, 0) is 10.8 Å². The minimum atomic E-state index is -4.64. The Bertz CT molecular complexity index is 866. The van der Waals surface area contributed by atoms with Gasteiger partial charge in [0.15, 0.2) is 0 Å². The lowest BCUT2D eigenvalue weighted by atomic mass is 9.82. The van der Waals surface area contributed by atoms with Crippen molar-refractivity contribution in [2.75, 3.05) is 0 Å². The van der Waals surface area contributed by atoms with Crippen LogP contribution in [0.5, 0.6) is 11.5 Å². The number of benzene rings is 2. The van der Waals surface area contributed by atoms with Crippen LogP contribution in [0.3, 0.4) is 0 Å². The lowest BCUT2D eigenvalue weighted by molar-refractivity contribution is -0.137. The fraction of sp³-hybridized carbons (Fsp3) is 0.350. The third-order valence-corrected chi connectivity index (χ3v) is 4.65. The first-order valence-corrected chi connectivity index (χ1v) is 8.58. The van der Waals surface area contributed by atoms with Gasteiger partial charge < -0.3 is 14.5 Å². The van der Waals surface area contributed by atoms with Crippen LogP contribution in [0.2, 0.25) is 0 Å². The van der Waals surface area contributed by atoms with Crippen molar-refractivity contribution in [2.45, 2.75) is 45.1 Å². The summed E-state index contributed by atoms with van der Waals surface area (Å²) in [7, 11) is 0.256. The monoisotopic (exact) mass is 391 g/mol. The first-order chi connectivity index (χ1) is 12.8. The Morgan fingerprint density at radius 3 is 2.04 bits per heavy atom. The topological polar surface area (TPSA) is 62.5 Å². The summed E-state index contributed by atoms with van der Waals surface area (Å²) >= 11 is 0. The normalized spacial score (nSPS) is 12.4. The van der Waals surface area contributed by atoms with Crippen LogP contribution in [-0.4, -0.2) is 23.8 Å². The van der Waals surface area contributed by atoms with Crippen LogP contribution < -0.4 is 10.2 Å². The SMILES string of the molecule is CC(C)(O)C(C)(C)OBc1ccc(Oc2ccc(C#N)c(C(F)(F)F)c2)cc1. The van der Waals surface area contributed by atoms with E-state index in [1.54, 1.807) is 52.0 Å². The maximum absolute atomic E-state index is 13.0. The molecule has 0 saturated carbocycles. The number of halogens is 3. The van der Waals surface area contributed by atoms with Crippen molar-refractivity contribution < 1.29 is 27.7 Å². The number of nitrogens with zero attached hydrogens (tertiary/aromatic N) is 1. The predicted octanol–water partition coefficient (Wildman–Crippen LogP) is 3.91. The molecule has 0 amide bonds. The Balaban J connectivity index is 2.10. The van der Waals surface area contributed by atoms with E-state index in [1.807, 2.05) is 0 Å². The van der Waals surface area contributed by atoms with Gasteiger partial charge in [-0.1, -0.05) is 17.6 Å². The molecule has 0 atom stereocenters. The van der Waals surface area contributed by atoms with Gasteiger partial charge in [0.25, 0.3) is 0 Å². The van der Waals surface area contributed by atoms with Crippen LogP contribution in [0.25, 0.3) is 0 Å². The molecule has 4 nitrogen and oxygen atoms in total. The summed E-state index contributed by atoms with van der Waals surface area (Å²) in [5.41, 5.74) is -2.46. The van der Waals surface area contributed by atoms with Crippen molar-refractivity contribution in [1.82, 2.24) is 0 Å². The van der Waals surface area contributed by atoms with Gasteiger partial charge in [-0.2, -0.15) is 18.4 Å². The fourth-order valence-corrected chi connectivity index (χ4v) is 2.15. The van der Waals surface area contributed by atoms with Crippen molar-refractivity contribution in [3.63, 3.8) is 0 Å². The van der Waals surface area contributed by atoms with Gasteiger partial charge in [0.1, 0.15) is 11.5 Å². The zero-order valence-electron chi connectivity index (χ0n) is 16.1. The molecule has 0 radical (unpaired) electrons. The minimum absolute atomic E-state index is 0.0153. The van der Waals surface area contributed by atoms with E-state index < -0.39 is 28.5 Å². The van der Waals surface area contributed by atoms with E-state index in [4.69, 9.17) is 14.7 Å². The summed E-state index contributed by atoms with van der Waals surface area (Å²) in [6, 6.07) is 11.4. The second-order valence-electron chi connectivity index (χ2n) is 7.42. The smallest absolute Gasteiger partial charge is 0.417 e. The van der Waals surface area contributed by atoms with Gasteiger partial charge in [0.05, 0.1) is 28.4 Å². The molecule has 0 unspecified atom stereocenters. The van der Waals surface area contributed by atoms with Crippen LogP contribution >= 0.6 is 0 Å². The molecule has 0 aliphatic carbocycles. The van der Waals surface area contributed by atoms with Crippen LogP contribution in [0.1, 0.15) is 38.8 Å². The molecule has 1 N–H and O–H groups in total. The van der Waals surface area contributed by atoms with Crippen LogP contribution in [0.15, 0.2) is 42.5 Å². The van der Waals surface area contributed by atoms with Crippen molar-refractivity contribution in [3.05, 3.63) is 53.6 Å². The van der Waals surface area contributed by atoms with E-state index in [2.05, 4.69) is 0 Å². The number of ether oxygens (including phenoxy) is 1. The number of rotatable bonds is 6. The maximum Gasteiger partial charge on any atom is 0.417 e. The molecule has 0 aliphatic heterocycles. The summed E-state index contributed by atoms with van der Waals surface area (Å²) in [4.78, 5) is 0. The molecule has 2 aromatic carbocycles. The Labute approximate surface area is 162 Å². The summed E-state index contributed by atoms with van der Waals surface area (Å²) < 4.78 is 50.3. The standard InChI is InChI=1S/C20H21BF3NO3/c1-18(2,26)19(3,4)28-21-14-6-9-15(10-7-14)27-16-8-5-13(12-25)17(11-16)20(22,23)24/h5-11,21,26H,1-4H3. The average Bonchev–Trinajstić information content (AvgIpc) is 2.59. The van der Waals surface area contributed by atoms with Gasteiger partial charge in [-0.25, -0.2) is 0 Å². The molecule has 0 heterocycles. The van der Waals surface area contributed by atoms with Gasteiger partial charge >= 0.3 is 13.7 Å². The molecule has 0 aliphatic rings. The minimum Gasteiger partial charge on any atom is -0.457 e. The predicted molar refractivity (Wildman–Crippen MR) is 101 cm³/mol. The molecule has 148 valence electrons. The first-order valence-electron chi connectivity index (χ1n) is 8.58. The molecule has 0 fully saturated rings. The Morgan fingerprint density at radius 2 is 1.54 bits per heavy atom. The van der Waals surface area contributed by atoms with Gasteiger partial charge in [0, 0.05) is 0 Å². The molecule has 8 heteroatoms. The molecule has 2 aromatic rings.